The van der Waals surface area contributed by atoms with Crippen LogP contribution in [-0.2, 0) is 7.05 Å². The summed E-state index contributed by atoms with van der Waals surface area (Å²) in [5.41, 5.74) is 5.65. The van der Waals surface area contributed by atoms with Crippen LogP contribution < -0.4 is 20.8 Å². The van der Waals surface area contributed by atoms with E-state index in [9.17, 15) is 25.3 Å². The molecule has 0 spiro atoms. The summed E-state index contributed by atoms with van der Waals surface area (Å²) in [4.78, 5) is 23.5. The van der Waals surface area contributed by atoms with E-state index in [1.165, 1.54) is 17.7 Å². The minimum Gasteiger partial charge on any atom is -0.500 e. The number of nitrogens with zero attached hydrogens (tertiary/aromatic N) is 3. The van der Waals surface area contributed by atoms with Crippen molar-refractivity contribution in [2.75, 3.05) is 7.11 Å². The molecule has 144 valence electrons. The first-order valence-corrected chi connectivity index (χ1v) is 8.04. The molecular weight excluding hydrogens is 368 g/mol. The first-order valence-electron chi connectivity index (χ1n) is 8.04. The maximum absolute atomic E-state index is 12.9. The van der Waals surface area contributed by atoms with Crippen LogP contribution in [0, 0.1) is 28.4 Å². The molecular formula is C18H16N4O6. The van der Waals surface area contributed by atoms with Crippen molar-refractivity contribution in [3.63, 3.8) is 0 Å². The van der Waals surface area contributed by atoms with Gasteiger partial charge in [-0.15, -0.1) is 0 Å². The number of allylic oxidation sites excluding steroid dienone is 1. The summed E-state index contributed by atoms with van der Waals surface area (Å²) in [6.07, 6.45) is 0. The van der Waals surface area contributed by atoms with E-state index in [0.29, 0.717) is 5.69 Å². The number of rotatable bonds is 3. The molecule has 0 fully saturated rings. The zero-order valence-corrected chi connectivity index (χ0v) is 15.2. The standard InChI is InChI=1S/C18H16N4O6/c1-8-4-12-15(18(24)21(8)2)14(10(7-19)17(20)28-12)9-5-11(22(25)26)16(23)13(6-9)27-3/h4-6,14,23H,20H2,1-3H3/t14-/m1/s1. The fraction of sp³-hybridized carbons (Fsp3) is 0.222. The SMILES string of the molecule is COc1cc([C@@H]2C(C#N)=C(N)Oc3cc(C)n(C)c(=O)c32)cc([N+](=O)[O-])c1O. The molecule has 10 nitrogen and oxygen atoms in total. The molecule has 28 heavy (non-hydrogen) atoms. The Morgan fingerprint density at radius 1 is 1.43 bits per heavy atom. The topological polar surface area (TPSA) is 154 Å². The molecule has 2 heterocycles. The van der Waals surface area contributed by atoms with Crippen LogP contribution in [0.4, 0.5) is 5.69 Å². The van der Waals surface area contributed by atoms with Crippen molar-refractivity contribution < 1.29 is 19.5 Å². The highest BCUT2D eigenvalue weighted by Gasteiger charge is 2.36. The van der Waals surface area contributed by atoms with Gasteiger partial charge in [-0.2, -0.15) is 5.26 Å². The lowest BCUT2D eigenvalue weighted by Crippen LogP contribution is -2.31. The molecule has 0 aliphatic carbocycles. The third kappa shape index (κ3) is 2.69. The molecule has 10 heteroatoms. The van der Waals surface area contributed by atoms with Gasteiger partial charge in [-0.1, -0.05) is 0 Å². The number of fused-ring (bicyclic) bond motifs is 1. The number of nitro groups is 1. The van der Waals surface area contributed by atoms with Crippen molar-refractivity contribution >= 4 is 5.69 Å². The Hall–Kier alpha value is -4.00. The van der Waals surface area contributed by atoms with E-state index in [1.807, 2.05) is 6.07 Å². The number of phenols is 1. The number of nitro benzene ring substituents is 1. The number of nitrogens with two attached hydrogens (primary N) is 1. The molecule has 0 unspecified atom stereocenters. The van der Waals surface area contributed by atoms with Crippen molar-refractivity contribution in [2.45, 2.75) is 12.8 Å². The normalized spacial score (nSPS) is 15.4. The van der Waals surface area contributed by atoms with Gasteiger partial charge in [0.1, 0.15) is 17.4 Å². The highest BCUT2D eigenvalue weighted by Crippen LogP contribution is 2.45. The van der Waals surface area contributed by atoms with E-state index < -0.39 is 27.8 Å². The van der Waals surface area contributed by atoms with E-state index in [-0.39, 0.29) is 34.1 Å². The van der Waals surface area contributed by atoms with Crippen molar-refractivity contribution in [3.05, 3.63) is 66.9 Å². The van der Waals surface area contributed by atoms with Gasteiger partial charge >= 0.3 is 5.69 Å². The van der Waals surface area contributed by atoms with Crippen LogP contribution in [0.1, 0.15) is 22.7 Å². The van der Waals surface area contributed by atoms with Crippen LogP contribution in [0.2, 0.25) is 0 Å². The molecule has 1 aromatic heterocycles. The number of aromatic hydroxyl groups is 1. The van der Waals surface area contributed by atoms with Crippen LogP contribution in [0.5, 0.6) is 17.2 Å². The van der Waals surface area contributed by atoms with Gasteiger partial charge in [0.05, 0.1) is 23.5 Å². The minimum atomic E-state index is -1.03. The maximum Gasteiger partial charge on any atom is 0.314 e. The maximum atomic E-state index is 12.9. The van der Waals surface area contributed by atoms with Crippen LogP contribution in [-0.4, -0.2) is 21.7 Å². The highest BCUT2D eigenvalue weighted by molar-refractivity contribution is 5.63. The predicted octanol–water partition coefficient (Wildman–Crippen LogP) is 1.53. The van der Waals surface area contributed by atoms with Crippen LogP contribution >= 0.6 is 0 Å². The van der Waals surface area contributed by atoms with Gasteiger partial charge in [0.2, 0.25) is 11.6 Å². The third-order valence-corrected chi connectivity index (χ3v) is 4.68. The average Bonchev–Trinajstić information content (AvgIpc) is 2.65. The predicted molar refractivity (Wildman–Crippen MR) is 97.0 cm³/mol. The molecule has 1 atom stereocenters. The van der Waals surface area contributed by atoms with Crippen LogP contribution in [0.15, 0.2) is 34.4 Å². The van der Waals surface area contributed by atoms with Gasteiger partial charge in [-0.3, -0.25) is 14.9 Å². The summed E-state index contributed by atoms with van der Waals surface area (Å²) in [5.74, 6) is -1.90. The first-order chi connectivity index (χ1) is 13.2. The number of aryl methyl sites for hydroxylation is 1. The molecule has 1 aliphatic heterocycles. The second-order valence-corrected chi connectivity index (χ2v) is 6.20. The van der Waals surface area contributed by atoms with Crippen molar-refractivity contribution in [3.8, 4) is 23.3 Å². The zero-order valence-electron chi connectivity index (χ0n) is 15.2. The number of nitriles is 1. The zero-order chi connectivity index (χ0) is 20.7. The van der Waals surface area contributed by atoms with Gasteiger partial charge in [0, 0.05) is 24.9 Å². The lowest BCUT2D eigenvalue weighted by Gasteiger charge is -2.27. The van der Waals surface area contributed by atoms with Gasteiger partial charge in [0.25, 0.3) is 5.56 Å². The number of hydrogen-bond acceptors (Lipinski definition) is 8. The summed E-state index contributed by atoms with van der Waals surface area (Å²) < 4.78 is 11.9. The number of benzene rings is 1. The molecule has 3 N–H and O–H groups in total. The van der Waals surface area contributed by atoms with E-state index >= 15 is 0 Å². The summed E-state index contributed by atoms with van der Waals surface area (Å²) >= 11 is 0. The largest absolute Gasteiger partial charge is 0.500 e. The Morgan fingerprint density at radius 3 is 2.68 bits per heavy atom. The van der Waals surface area contributed by atoms with E-state index in [2.05, 4.69) is 0 Å². The molecule has 1 aliphatic rings. The van der Waals surface area contributed by atoms with E-state index in [1.54, 1.807) is 20.0 Å². The molecule has 3 rings (SSSR count). The van der Waals surface area contributed by atoms with Gasteiger partial charge in [-0.05, 0) is 18.6 Å². The Morgan fingerprint density at radius 2 is 2.11 bits per heavy atom. The van der Waals surface area contributed by atoms with Crippen LogP contribution in [0.3, 0.4) is 0 Å². The number of ether oxygens (including phenoxy) is 2. The monoisotopic (exact) mass is 384 g/mol. The van der Waals surface area contributed by atoms with E-state index in [0.717, 1.165) is 6.07 Å². The highest BCUT2D eigenvalue weighted by atomic mass is 16.6. The number of pyridine rings is 1. The minimum absolute atomic E-state index is 0.0736. The fourth-order valence-electron chi connectivity index (χ4n) is 3.15. The Bertz CT molecular complexity index is 1140. The molecule has 0 saturated heterocycles. The summed E-state index contributed by atoms with van der Waals surface area (Å²) in [5, 5.41) is 31.0. The lowest BCUT2D eigenvalue weighted by molar-refractivity contribution is -0.386. The summed E-state index contributed by atoms with van der Waals surface area (Å²) in [6.45, 7) is 1.70. The molecule has 0 saturated carbocycles. The number of methoxy groups -OCH3 is 1. The quantitative estimate of drug-likeness (QED) is 0.596. The lowest BCUT2D eigenvalue weighted by atomic mass is 9.83. The Kier molecular flexibility index (Phi) is 4.44. The average molecular weight is 384 g/mol. The molecule has 1 aromatic carbocycles. The number of aromatic nitrogens is 1. The molecule has 0 amide bonds. The third-order valence-electron chi connectivity index (χ3n) is 4.68. The molecule has 2 aromatic rings. The Labute approximate surface area is 158 Å². The second kappa shape index (κ2) is 6.62. The molecule has 0 bridgehead atoms. The van der Waals surface area contributed by atoms with E-state index in [4.69, 9.17) is 15.2 Å². The van der Waals surface area contributed by atoms with Crippen LogP contribution in [0.25, 0.3) is 0 Å². The smallest absolute Gasteiger partial charge is 0.314 e. The van der Waals surface area contributed by atoms with Crippen molar-refractivity contribution in [2.24, 2.45) is 12.8 Å². The van der Waals surface area contributed by atoms with Crippen molar-refractivity contribution in [1.29, 1.82) is 5.26 Å². The summed E-state index contributed by atoms with van der Waals surface area (Å²) in [7, 11) is 2.79. The number of phenolic OH excluding ortho intramolecular Hbond substituents is 1. The van der Waals surface area contributed by atoms with Gasteiger partial charge in [-0.25, -0.2) is 0 Å². The van der Waals surface area contributed by atoms with Gasteiger partial charge in [0.15, 0.2) is 5.75 Å². The summed E-state index contributed by atoms with van der Waals surface area (Å²) in [6, 6.07) is 5.92. The number of hydrogen-bond donors (Lipinski definition) is 2. The van der Waals surface area contributed by atoms with Gasteiger partial charge < -0.3 is 24.9 Å². The fourth-order valence-corrected chi connectivity index (χ4v) is 3.15. The van der Waals surface area contributed by atoms with Crippen molar-refractivity contribution in [1.82, 2.24) is 4.57 Å². The first kappa shape index (κ1) is 18.8. The Balaban J connectivity index is 2.40. The second-order valence-electron chi connectivity index (χ2n) is 6.20. The molecule has 0 radical (unpaired) electrons.